The molecule has 10 heteroatoms. The number of hydrogen-bond donors (Lipinski definition) is 1. The van der Waals surface area contributed by atoms with E-state index in [2.05, 4.69) is 25.9 Å². The molecule has 4 rings (SSSR count). The number of ether oxygens (including phenoxy) is 1. The highest BCUT2D eigenvalue weighted by Gasteiger charge is 2.23. The fourth-order valence-corrected chi connectivity index (χ4v) is 4.58. The van der Waals surface area contributed by atoms with E-state index in [1.807, 2.05) is 0 Å². The van der Waals surface area contributed by atoms with Crippen molar-refractivity contribution >= 4 is 66.7 Å². The van der Waals surface area contributed by atoms with Gasteiger partial charge in [-0.05, 0) is 57.9 Å². The van der Waals surface area contributed by atoms with E-state index < -0.39 is 6.09 Å². The molecule has 2 aromatic carbocycles. The average Bonchev–Trinajstić information content (AvgIpc) is 3.08. The third-order valence-electron chi connectivity index (χ3n) is 4.12. The average molecular weight is 509 g/mol. The van der Waals surface area contributed by atoms with Gasteiger partial charge in [-0.25, -0.2) is 24.1 Å². The molecule has 0 saturated carbocycles. The van der Waals surface area contributed by atoms with Gasteiger partial charge in [0.15, 0.2) is 5.82 Å². The fourth-order valence-electron chi connectivity index (χ4n) is 2.83. The number of thiophene rings is 1. The molecule has 0 spiro atoms. The van der Waals surface area contributed by atoms with Crippen LogP contribution >= 0.6 is 38.9 Å². The second-order valence-corrected chi connectivity index (χ2v) is 8.95. The second-order valence-electron chi connectivity index (χ2n) is 6.11. The van der Waals surface area contributed by atoms with Crippen LogP contribution in [0.1, 0.15) is 5.56 Å². The molecule has 0 bridgehead atoms. The molecular formula is C20H12BrClFN3O3S. The molecule has 1 N–H and O–H groups in total. The van der Waals surface area contributed by atoms with E-state index in [1.54, 1.807) is 30.3 Å². The normalized spacial score (nSPS) is 10.9. The van der Waals surface area contributed by atoms with Crippen LogP contribution in [0.2, 0.25) is 5.02 Å². The zero-order valence-corrected chi connectivity index (χ0v) is 18.2. The van der Waals surface area contributed by atoms with Gasteiger partial charge >= 0.3 is 6.09 Å². The van der Waals surface area contributed by atoms with Crippen molar-refractivity contribution < 1.29 is 19.0 Å². The first-order valence-electron chi connectivity index (χ1n) is 8.52. The number of anilines is 2. The van der Waals surface area contributed by atoms with E-state index in [0.29, 0.717) is 27.2 Å². The highest BCUT2D eigenvalue weighted by atomic mass is 79.9. The Morgan fingerprint density at radius 3 is 2.80 bits per heavy atom. The number of rotatable bonds is 5. The zero-order valence-electron chi connectivity index (χ0n) is 15.1. The van der Waals surface area contributed by atoms with Crippen molar-refractivity contribution in [3.8, 4) is 5.75 Å². The molecule has 4 aromatic rings. The Morgan fingerprint density at radius 2 is 2.07 bits per heavy atom. The van der Waals surface area contributed by atoms with Crippen LogP contribution in [0.5, 0.6) is 5.75 Å². The number of halogens is 3. The van der Waals surface area contributed by atoms with Crippen LogP contribution in [-0.2, 0) is 6.61 Å². The summed E-state index contributed by atoms with van der Waals surface area (Å²) >= 11 is 11.0. The first kappa shape index (κ1) is 20.5. The number of carboxylic acid groups (broad SMARTS) is 1. The van der Waals surface area contributed by atoms with Crippen molar-refractivity contribution in [1.82, 2.24) is 9.97 Å². The van der Waals surface area contributed by atoms with E-state index in [9.17, 15) is 14.3 Å². The molecule has 6 nitrogen and oxygen atoms in total. The molecule has 1 amide bonds. The molecule has 0 fully saturated rings. The first-order chi connectivity index (χ1) is 14.4. The molecule has 2 aromatic heterocycles. The summed E-state index contributed by atoms with van der Waals surface area (Å²) in [6, 6.07) is 12.4. The minimum Gasteiger partial charge on any atom is -0.487 e. The summed E-state index contributed by atoms with van der Waals surface area (Å²) in [5.41, 5.74) is 1.58. The van der Waals surface area contributed by atoms with Crippen molar-refractivity contribution in [2.24, 2.45) is 0 Å². The molecule has 0 aliphatic carbocycles. The van der Waals surface area contributed by atoms with Crippen LogP contribution in [-0.4, -0.2) is 21.2 Å². The highest BCUT2D eigenvalue weighted by Crippen LogP contribution is 2.38. The minimum atomic E-state index is -1.22. The lowest BCUT2D eigenvalue weighted by atomic mass is 10.2. The maximum absolute atomic E-state index is 13.3. The van der Waals surface area contributed by atoms with Gasteiger partial charge in [-0.3, -0.25) is 0 Å². The van der Waals surface area contributed by atoms with Gasteiger partial charge in [-0.15, -0.1) is 11.3 Å². The maximum Gasteiger partial charge on any atom is 0.417 e. The topological polar surface area (TPSA) is 75.5 Å². The van der Waals surface area contributed by atoms with Gasteiger partial charge in [0.2, 0.25) is 0 Å². The van der Waals surface area contributed by atoms with Crippen molar-refractivity contribution in [2.75, 3.05) is 4.90 Å². The Labute approximate surface area is 187 Å². The lowest BCUT2D eigenvalue weighted by molar-refractivity contribution is 0.204. The third-order valence-corrected chi connectivity index (χ3v) is 6.04. The molecule has 152 valence electrons. The Hall–Kier alpha value is -2.75. The van der Waals surface area contributed by atoms with E-state index in [-0.39, 0.29) is 23.3 Å². The van der Waals surface area contributed by atoms with Gasteiger partial charge in [-0.1, -0.05) is 23.7 Å². The van der Waals surface area contributed by atoms with Gasteiger partial charge in [0, 0.05) is 0 Å². The Morgan fingerprint density at radius 1 is 1.23 bits per heavy atom. The first-order valence-corrected chi connectivity index (χ1v) is 10.5. The number of benzene rings is 2. The summed E-state index contributed by atoms with van der Waals surface area (Å²) in [5.74, 6) is 0.223. The molecule has 0 atom stereocenters. The van der Waals surface area contributed by atoms with E-state index in [4.69, 9.17) is 16.3 Å². The molecule has 0 unspecified atom stereocenters. The highest BCUT2D eigenvalue weighted by molar-refractivity contribution is 9.11. The molecule has 30 heavy (non-hydrogen) atoms. The van der Waals surface area contributed by atoms with Crippen molar-refractivity contribution in [3.05, 3.63) is 75.0 Å². The molecule has 0 aliphatic heterocycles. The van der Waals surface area contributed by atoms with Gasteiger partial charge in [0.05, 0.1) is 24.7 Å². The smallest absolute Gasteiger partial charge is 0.417 e. The molecule has 2 heterocycles. The number of nitrogens with zero attached hydrogens (tertiary/aromatic N) is 3. The zero-order chi connectivity index (χ0) is 21.3. The Bertz CT molecular complexity index is 1250. The summed E-state index contributed by atoms with van der Waals surface area (Å²) in [6.45, 7) is 0.120. The van der Waals surface area contributed by atoms with Crippen molar-refractivity contribution in [2.45, 2.75) is 6.61 Å². The maximum atomic E-state index is 13.3. The third kappa shape index (κ3) is 4.23. The molecule has 0 aliphatic rings. The second kappa shape index (κ2) is 8.55. The van der Waals surface area contributed by atoms with Crippen molar-refractivity contribution in [3.63, 3.8) is 0 Å². The van der Waals surface area contributed by atoms with Crippen LogP contribution in [0.4, 0.5) is 20.7 Å². The van der Waals surface area contributed by atoms with Gasteiger partial charge in [-0.2, -0.15) is 0 Å². The summed E-state index contributed by atoms with van der Waals surface area (Å²) < 4.78 is 20.4. The molecular weight excluding hydrogens is 497 g/mol. The van der Waals surface area contributed by atoms with Crippen LogP contribution in [0.15, 0.2) is 58.6 Å². The number of amides is 1. The number of carbonyl (C=O) groups is 1. The van der Waals surface area contributed by atoms with Crippen LogP contribution in [0.3, 0.4) is 0 Å². The molecule has 0 saturated heterocycles. The summed E-state index contributed by atoms with van der Waals surface area (Å²) in [7, 11) is 0. The summed E-state index contributed by atoms with van der Waals surface area (Å²) in [5, 5.41) is 10.0. The minimum absolute atomic E-state index is 0.120. The SMILES string of the molecule is O=C(O)N(c1ccc(OCc2cccc(F)c2)c(Cl)c1)c1ncnc2cc(Br)sc12. The lowest BCUT2D eigenvalue weighted by Gasteiger charge is -2.19. The Kier molecular flexibility index (Phi) is 5.85. The Balaban J connectivity index is 1.64. The predicted molar refractivity (Wildman–Crippen MR) is 117 cm³/mol. The lowest BCUT2D eigenvalue weighted by Crippen LogP contribution is -2.24. The summed E-state index contributed by atoms with van der Waals surface area (Å²) in [4.78, 5) is 21.4. The molecule has 0 radical (unpaired) electrons. The van der Waals surface area contributed by atoms with E-state index >= 15 is 0 Å². The number of hydrogen-bond acceptors (Lipinski definition) is 5. The predicted octanol–water partition coefficient (Wildman–Crippen LogP) is 6.64. The van der Waals surface area contributed by atoms with Gasteiger partial charge < -0.3 is 9.84 Å². The van der Waals surface area contributed by atoms with E-state index in [1.165, 1.54) is 35.9 Å². The quantitative estimate of drug-likeness (QED) is 0.327. The van der Waals surface area contributed by atoms with Crippen LogP contribution in [0.25, 0.3) is 10.2 Å². The fraction of sp³-hybridized carbons (Fsp3) is 0.0500. The number of aromatic nitrogens is 2. The monoisotopic (exact) mass is 507 g/mol. The van der Waals surface area contributed by atoms with E-state index in [0.717, 1.165) is 8.69 Å². The van der Waals surface area contributed by atoms with Crippen LogP contribution in [0, 0.1) is 5.82 Å². The standard InChI is InChI=1S/C20H12BrClFN3O3S/c21-17-8-15-18(30-17)19(25-10-24-15)26(20(27)28)13-4-5-16(14(22)7-13)29-9-11-2-1-3-12(23)6-11/h1-8,10H,9H2,(H,27,28). The van der Waals surface area contributed by atoms with Gasteiger partial charge in [0.25, 0.3) is 0 Å². The van der Waals surface area contributed by atoms with Gasteiger partial charge in [0.1, 0.15) is 24.5 Å². The van der Waals surface area contributed by atoms with Crippen molar-refractivity contribution in [1.29, 1.82) is 0 Å². The number of fused-ring (bicyclic) bond motifs is 1. The largest absolute Gasteiger partial charge is 0.487 e. The van der Waals surface area contributed by atoms with Crippen LogP contribution < -0.4 is 9.64 Å². The summed E-state index contributed by atoms with van der Waals surface area (Å²) in [6.07, 6.45) is 0.0919.